The summed E-state index contributed by atoms with van der Waals surface area (Å²) in [5, 5.41) is 15.0. The minimum atomic E-state index is -0.163. The second-order valence-corrected chi connectivity index (χ2v) is 3.39. The van der Waals surface area contributed by atoms with Crippen LogP contribution in [0.1, 0.15) is 34.7 Å². The lowest BCUT2D eigenvalue weighted by molar-refractivity contribution is 0.0950. The molecule has 1 heterocycles. The summed E-state index contributed by atoms with van der Waals surface area (Å²) >= 11 is 0. The number of carbonyl (C=O) groups excluding carboxylic acids is 1. The number of hydrogen-bond donors (Lipinski definition) is 2. The second kappa shape index (κ2) is 5.50. The molecule has 1 aromatic rings. The van der Waals surface area contributed by atoms with Crippen LogP contribution in [0.25, 0.3) is 0 Å². The van der Waals surface area contributed by atoms with Crippen molar-refractivity contribution in [3.05, 3.63) is 17.0 Å². The molecule has 0 aromatic carbocycles. The molecule has 0 saturated carbocycles. The van der Waals surface area contributed by atoms with Crippen LogP contribution in [-0.2, 0) is 0 Å². The zero-order chi connectivity index (χ0) is 11.3. The third-order valence-electron chi connectivity index (χ3n) is 2.13. The van der Waals surface area contributed by atoms with E-state index in [0.717, 1.165) is 6.42 Å². The van der Waals surface area contributed by atoms with Gasteiger partial charge in [-0.2, -0.15) is 0 Å². The van der Waals surface area contributed by atoms with Crippen molar-refractivity contribution in [1.29, 1.82) is 0 Å². The Kier molecular flexibility index (Phi) is 4.30. The van der Waals surface area contributed by atoms with Gasteiger partial charge < -0.3 is 14.9 Å². The summed E-state index contributed by atoms with van der Waals surface area (Å²) in [5.74, 6) is 0.372. The summed E-state index contributed by atoms with van der Waals surface area (Å²) in [4.78, 5) is 11.6. The smallest absolute Gasteiger partial charge is 0.256 e. The van der Waals surface area contributed by atoms with Gasteiger partial charge in [0, 0.05) is 13.2 Å². The van der Waals surface area contributed by atoms with Gasteiger partial charge in [-0.05, 0) is 26.7 Å². The quantitative estimate of drug-likeness (QED) is 0.708. The summed E-state index contributed by atoms with van der Waals surface area (Å²) in [7, 11) is 0. The van der Waals surface area contributed by atoms with Gasteiger partial charge in [0.05, 0.1) is 5.69 Å². The average Bonchev–Trinajstić information content (AvgIpc) is 2.53. The molecule has 0 aliphatic rings. The number of hydrogen-bond acceptors (Lipinski definition) is 4. The number of nitrogens with zero attached hydrogens (tertiary/aromatic N) is 1. The minimum Gasteiger partial charge on any atom is -0.396 e. The van der Waals surface area contributed by atoms with Gasteiger partial charge >= 0.3 is 0 Å². The number of rotatable bonds is 5. The first-order chi connectivity index (χ1) is 7.16. The molecule has 1 amide bonds. The molecule has 0 fully saturated rings. The summed E-state index contributed by atoms with van der Waals surface area (Å²) in [6.45, 7) is 4.16. The maximum absolute atomic E-state index is 11.6. The van der Waals surface area contributed by atoms with Crippen molar-refractivity contribution >= 4 is 5.91 Å². The molecule has 1 rings (SSSR count). The number of amides is 1. The first kappa shape index (κ1) is 11.7. The standard InChI is InChI=1S/C10H16N2O3/c1-7-9(8(2)15-12-7)10(14)11-5-3-4-6-13/h13H,3-6H2,1-2H3,(H,11,14). The monoisotopic (exact) mass is 212 g/mol. The van der Waals surface area contributed by atoms with E-state index in [9.17, 15) is 4.79 Å². The van der Waals surface area contributed by atoms with Gasteiger partial charge in [0.2, 0.25) is 0 Å². The highest BCUT2D eigenvalue weighted by Crippen LogP contribution is 2.11. The molecule has 0 atom stereocenters. The highest BCUT2D eigenvalue weighted by Gasteiger charge is 2.16. The maximum atomic E-state index is 11.6. The van der Waals surface area contributed by atoms with E-state index in [-0.39, 0.29) is 12.5 Å². The number of aryl methyl sites for hydroxylation is 2. The van der Waals surface area contributed by atoms with E-state index >= 15 is 0 Å². The molecule has 0 aliphatic carbocycles. The zero-order valence-electron chi connectivity index (χ0n) is 9.04. The number of aromatic nitrogens is 1. The Balaban J connectivity index is 2.47. The Labute approximate surface area is 88.5 Å². The highest BCUT2D eigenvalue weighted by atomic mass is 16.5. The van der Waals surface area contributed by atoms with Crippen molar-refractivity contribution in [3.8, 4) is 0 Å². The average molecular weight is 212 g/mol. The summed E-state index contributed by atoms with van der Waals surface area (Å²) < 4.78 is 4.89. The van der Waals surface area contributed by atoms with Crippen molar-refractivity contribution in [3.63, 3.8) is 0 Å². The lowest BCUT2D eigenvalue weighted by atomic mass is 10.2. The molecule has 0 bridgehead atoms. The maximum Gasteiger partial charge on any atom is 0.256 e. The van der Waals surface area contributed by atoms with E-state index in [1.807, 2.05) is 0 Å². The van der Waals surface area contributed by atoms with Crippen LogP contribution in [0.3, 0.4) is 0 Å². The fourth-order valence-corrected chi connectivity index (χ4v) is 1.33. The first-order valence-corrected chi connectivity index (χ1v) is 4.98. The van der Waals surface area contributed by atoms with Crippen LogP contribution in [0.15, 0.2) is 4.52 Å². The second-order valence-electron chi connectivity index (χ2n) is 3.39. The van der Waals surface area contributed by atoms with Crippen molar-refractivity contribution in [2.45, 2.75) is 26.7 Å². The third-order valence-corrected chi connectivity index (χ3v) is 2.13. The van der Waals surface area contributed by atoms with Crippen LogP contribution in [0.5, 0.6) is 0 Å². The van der Waals surface area contributed by atoms with Crippen LogP contribution < -0.4 is 5.32 Å². The van der Waals surface area contributed by atoms with E-state index < -0.39 is 0 Å². The van der Waals surface area contributed by atoms with Gasteiger partial charge in [-0.25, -0.2) is 0 Å². The van der Waals surface area contributed by atoms with Crippen molar-refractivity contribution in [1.82, 2.24) is 10.5 Å². The molecule has 5 nitrogen and oxygen atoms in total. The molecule has 0 saturated heterocycles. The Morgan fingerprint density at radius 1 is 1.47 bits per heavy atom. The Morgan fingerprint density at radius 2 is 2.20 bits per heavy atom. The van der Waals surface area contributed by atoms with Crippen LogP contribution >= 0.6 is 0 Å². The van der Waals surface area contributed by atoms with Gasteiger partial charge in [-0.1, -0.05) is 5.16 Å². The summed E-state index contributed by atoms with van der Waals surface area (Å²) in [6, 6.07) is 0. The van der Waals surface area contributed by atoms with Crippen LogP contribution in [0.4, 0.5) is 0 Å². The molecule has 0 aliphatic heterocycles. The minimum absolute atomic E-state index is 0.154. The van der Waals surface area contributed by atoms with E-state index in [2.05, 4.69) is 10.5 Å². The van der Waals surface area contributed by atoms with Gasteiger partial charge in [0.15, 0.2) is 0 Å². The largest absolute Gasteiger partial charge is 0.396 e. The predicted molar refractivity (Wildman–Crippen MR) is 54.6 cm³/mol. The van der Waals surface area contributed by atoms with Crippen LogP contribution in [-0.4, -0.2) is 29.3 Å². The van der Waals surface area contributed by atoms with Crippen molar-refractivity contribution in [2.75, 3.05) is 13.2 Å². The zero-order valence-corrected chi connectivity index (χ0v) is 9.04. The van der Waals surface area contributed by atoms with Gasteiger partial charge in [-0.15, -0.1) is 0 Å². The lowest BCUT2D eigenvalue weighted by Gasteiger charge is -2.03. The molecule has 15 heavy (non-hydrogen) atoms. The SMILES string of the molecule is Cc1noc(C)c1C(=O)NCCCCO. The molecular formula is C10H16N2O3. The lowest BCUT2D eigenvalue weighted by Crippen LogP contribution is -2.25. The Bertz CT molecular complexity index is 314. The predicted octanol–water partition coefficient (Wildman–Crippen LogP) is 0.794. The molecular weight excluding hydrogens is 196 g/mol. The van der Waals surface area contributed by atoms with Gasteiger partial charge in [-0.3, -0.25) is 4.79 Å². The first-order valence-electron chi connectivity index (χ1n) is 4.98. The number of nitrogens with one attached hydrogen (secondary N) is 1. The normalized spacial score (nSPS) is 10.3. The number of aliphatic hydroxyl groups excluding tert-OH is 1. The van der Waals surface area contributed by atoms with Gasteiger partial charge in [0.25, 0.3) is 5.91 Å². The summed E-state index contributed by atoms with van der Waals surface area (Å²) in [6.07, 6.45) is 1.47. The Hall–Kier alpha value is -1.36. The Morgan fingerprint density at radius 3 is 2.73 bits per heavy atom. The van der Waals surface area contributed by atoms with E-state index in [4.69, 9.17) is 9.63 Å². The molecule has 5 heteroatoms. The fraction of sp³-hybridized carbons (Fsp3) is 0.600. The molecule has 0 spiro atoms. The third kappa shape index (κ3) is 3.06. The van der Waals surface area contributed by atoms with E-state index in [0.29, 0.717) is 30.0 Å². The van der Waals surface area contributed by atoms with Crippen molar-refractivity contribution < 1.29 is 14.4 Å². The molecule has 0 radical (unpaired) electrons. The fourth-order valence-electron chi connectivity index (χ4n) is 1.33. The topological polar surface area (TPSA) is 75.4 Å². The number of unbranched alkanes of at least 4 members (excludes halogenated alkanes) is 1. The van der Waals surface area contributed by atoms with E-state index in [1.165, 1.54) is 0 Å². The summed E-state index contributed by atoms with van der Waals surface area (Å²) in [5.41, 5.74) is 1.12. The van der Waals surface area contributed by atoms with Crippen LogP contribution in [0, 0.1) is 13.8 Å². The molecule has 0 unspecified atom stereocenters. The van der Waals surface area contributed by atoms with E-state index in [1.54, 1.807) is 13.8 Å². The van der Waals surface area contributed by atoms with Gasteiger partial charge in [0.1, 0.15) is 11.3 Å². The number of aliphatic hydroxyl groups is 1. The molecule has 84 valence electrons. The van der Waals surface area contributed by atoms with Crippen molar-refractivity contribution in [2.24, 2.45) is 0 Å². The van der Waals surface area contributed by atoms with Crippen LogP contribution in [0.2, 0.25) is 0 Å². The molecule has 2 N–H and O–H groups in total. The highest BCUT2D eigenvalue weighted by molar-refractivity contribution is 5.95. The molecule has 1 aromatic heterocycles. The number of carbonyl (C=O) groups is 1.